The van der Waals surface area contributed by atoms with E-state index in [0.29, 0.717) is 0 Å². The van der Waals surface area contributed by atoms with Gasteiger partial charge in [0.25, 0.3) is 5.91 Å². The SMILES string of the molecule is CC1=CC2=NN(C)C(=O)C2C=C1. The third-order valence-corrected chi connectivity index (χ3v) is 2.10. The molecule has 0 N–H and O–H groups in total. The Balaban J connectivity index is 2.40. The smallest absolute Gasteiger partial charge is 0.255 e. The summed E-state index contributed by atoms with van der Waals surface area (Å²) < 4.78 is 0. The van der Waals surface area contributed by atoms with Crippen LogP contribution in [0.3, 0.4) is 0 Å². The van der Waals surface area contributed by atoms with Crippen molar-refractivity contribution in [2.75, 3.05) is 7.05 Å². The fourth-order valence-corrected chi connectivity index (χ4v) is 1.44. The number of rotatable bonds is 0. The van der Waals surface area contributed by atoms with E-state index >= 15 is 0 Å². The summed E-state index contributed by atoms with van der Waals surface area (Å²) in [4.78, 5) is 11.4. The zero-order chi connectivity index (χ0) is 8.72. The van der Waals surface area contributed by atoms with Crippen molar-refractivity contribution in [1.82, 2.24) is 5.01 Å². The molecule has 1 aliphatic heterocycles. The number of carbonyl (C=O) groups excluding carboxylic acids is 1. The highest BCUT2D eigenvalue weighted by Crippen LogP contribution is 2.21. The summed E-state index contributed by atoms with van der Waals surface area (Å²) >= 11 is 0. The van der Waals surface area contributed by atoms with Crippen LogP contribution in [-0.4, -0.2) is 23.7 Å². The molecule has 1 heterocycles. The third-order valence-electron chi connectivity index (χ3n) is 2.10. The zero-order valence-corrected chi connectivity index (χ0v) is 7.11. The van der Waals surface area contributed by atoms with Gasteiger partial charge in [-0.3, -0.25) is 4.79 Å². The maximum atomic E-state index is 11.4. The summed E-state index contributed by atoms with van der Waals surface area (Å²) in [5.74, 6) is -0.0660. The van der Waals surface area contributed by atoms with E-state index in [4.69, 9.17) is 0 Å². The summed E-state index contributed by atoms with van der Waals surface area (Å²) in [6, 6.07) is 0. The number of fused-ring (bicyclic) bond motifs is 1. The summed E-state index contributed by atoms with van der Waals surface area (Å²) in [5, 5.41) is 5.52. The Morgan fingerprint density at radius 1 is 1.58 bits per heavy atom. The van der Waals surface area contributed by atoms with Gasteiger partial charge in [-0.25, -0.2) is 5.01 Å². The lowest BCUT2D eigenvalue weighted by Crippen LogP contribution is -2.23. The van der Waals surface area contributed by atoms with Crippen molar-refractivity contribution >= 4 is 11.6 Å². The molecule has 0 saturated heterocycles. The van der Waals surface area contributed by atoms with Gasteiger partial charge in [0, 0.05) is 7.05 Å². The maximum Gasteiger partial charge on any atom is 0.255 e. The molecule has 12 heavy (non-hydrogen) atoms. The van der Waals surface area contributed by atoms with Crippen molar-refractivity contribution in [3.8, 4) is 0 Å². The third kappa shape index (κ3) is 0.897. The zero-order valence-electron chi connectivity index (χ0n) is 7.11. The fraction of sp³-hybridized carbons (Fsp3) is 0.333. The Morgan fingerprint density at radius 3 is 3.08 bits per heavy atom. The number of nitrogens with zero attached hydrogens (tertiary/aromatic N) is 2. The average molecular weight is 162 g/mol. The highest BCUT2D eigenvalue weighted by atomic mass is 16.2. The molecule has 0 saturated carbocycles. The Labute approximate surface area is 71.1 Å². The van der Waals surface area contributed by atoms with Crippen molar-refractivity contribution < 1.29 is 4.79 Å². The van der Waals surface area contributed by atoms with Gasteiger partial charge in [-0.2, -0.15) is 5.10 Å². The molecule has 0 aromatic rings. The van der Waals surface area contributed by atoms with E-state index in [1.54, 1.807) is 7.05 Å². The van der Waals surface area contributed by atoms with Crippen LogP contribution >= 0.6 is 0 Å². The van der Waals surface area contributed by atoms with E-state index in [2.05, 4.69) is 5.10 Å². The molecule has 1 aliphatic carbocycles. The summed E-state index contributed by atoms with van der Waals surface area (Å²) in [5.41, 5.74) is 2.01. The molecular formula is C9H10N2O. The van der Waals surface area contributed by atoms with Crippen LogP contribution in [0.4, 0.5) is 0 Å². The maximum absolute atomic E-state index is 11.4. The topological polar surface area (TPSA) is 32.7 Å². The standard InChI is InChI=1S/C9H10N2O/c1-6-3-4-7-8(5-6)10-11(2)9(7)12/h3-5,7H,1-2H3. The van der Waals surface area contributed by atoms with Gasteiger partial charge in [0.1, 0.15) is 5.92 Å². The molecule has 0 aromatic heterocycles. The number of allylic oxidation sites excluding steroid dienone is 3. The molecule has 0 aromatic carbocycles. The Hall–Kier alpha value is -1.38. The van der Waals surface area contributed by atoms with E-state index in [1.165, 1.54) is 5.01 Å². The molecule has 0 bridgehead atoms. The molecule has 2 rings (SSSR count). The van der Waals surface area contributed by atoms with Gasteiger partial charge < -0.3 is 0 Å². The summed E-state index contributed by atoms with van der Waals surface area (Å²) in [6.45, 7) is 2.00. The molecule has 0 fully saturated rings. The predicted molar refractivity (Wildman–Crippen MR) is 46.6 cm³/mol. The number of hydrogen-bond acceptors (Lipinski definition) is 2. The Kier molecular flexibility index (Phi) is 1.40. The number of hydrogen-bond donors (Lipinski definition) is 0. The van der Waals surface area contributed by atoms with E-state index in [1.807, 2.05) is 25.2 Å². The Morgan fingerprint density at radius 2 is 2.33 bits per heavy atom. The van der Waals surface area contributed by atoms with Gasteiger partial charge >= 0.3 is 0 Å². The minimum Gasteiger partial charge on any atom is -0.272 e. The molecule has 1 amide bonds. The first-order chi connectivity index (χ1) is 5.68. The predicted octanol–water partition coefficient (Wildman–Crippen LogP) is 0.947. The number of hydrazone groups is 1. The normalized spacial score (nSPS) is 27.0. The minimum atomic E-state index is -0.126. The quantitative estimate of drug-likeness (QED) is 0.522. The minimum absolute atomic E-state index is 0.0602. The van der Waals surface area contributed by atoms with Gasteiger partial charge in [0.2, 0.25) is 0 Å². The monoisotopic (exact) mass is 162 g/mol. The molecule has 0 radical (unpaired) electrons. The number of amides is 1. The van der Waals surface area contributed by atoms with E-state index in [-0.39, 0.29) is 11.8 Å². The van der Waals surface area contributed by atoms with Crippen molar-refractivity contribution in [1.29, 1.82) is 0 Å². The Bertz CT molecular complexity index is 325. The molecule has 1 unspecified atom stereocenters. The highest BCUT2D eigenvalue weighted by Gasteiger charge is 2.31. The van der Waals surface area contributed by atoms with Crippen molar-refractivity contribution in [3.05, 3.63) is 23.8 Å². The molecule has 2 aliphatic rings. The summed E-state index contributed by atoms with van der Waals surface area (Å²) in [7, 11) is 1.69. The van der Waals surface area contributed by atoms with Gasteiger partial charge in [-0.1, -0.05) is 12.2 Å². The van der Waals surface area contributed by atoms with Crippen LogP contribution in [0.2, 0.25) is 0 Å². The second-order valence-corrected chi connectivity index (χ2v) is 3.11. The highest BCUT2D eigenvalue weighted by molar-refractivity contribution is 6.15. The van der Waals surface area contributed by atoms with Crippen molar-refractivity contribution in [2.45, 2.75) is 6.92 Å². The second kappa shape index (κ2) is 2.30. The fourth-order valence-electron chi connectivity index (χ4n) is 1.44. The first-order valence-electron chi connectivity index (χ1n) is 3.91. The van der Waals surface area contributed by atoms with Crippen LogP contribution in [0.5, 0.6) is 0 Å². The molecule has 3 heteroatoms. The van der Waals surface area contributed by atoms with Crippen LogP contribution in [0, 0.1) is 5.92 Å². The second-order valence-electron chi connectivity index (χ2n) is 3.11. The lowest BCUT2D eigenvalue weighted by atomic mass is 9.96. The van der Waals surface area contributed by atoms with Crippen LogP contribution in [-0.2, 0) is 4.79 Å². The molecule has 1 atom stereocenters. The first kappa shape index (κ1) is 7.28. The van der Waals surface area contributed by atoms with Gasteiger partial charge in [0.15, 0.2) is 0 Å². The van der Waals surface area contributed by atoms with Crippen LogP contribution in [0.15, 0.2) is 28.9 Å². The lowest BCUT2D eigenvalue weighted by molar-refractivity contribution is -0.129. The largest absolute Gasteiger partial charge is 0.272 e. The van der Waals surface area contributed by atoms with Gasteiger partial charge in [-0.05, 0) is 18.6 Å². The molecular weight excluding hydrogens is 152 g/mol. The summed E-state index contributed by atoms with van der Waals surface area (Å²) in [6.07, 6.45) is 5.81. The van der Waals surface area contributed by atoms with Crippen LogP contribution in [0.25, 0.3) is 0 Å². The average Bonchev–Trinajstić information content (AvgIpc) is 2.28. The lowest BCUT2D eigenvalue weighted by Gasteiger charge is -2.08. The molecule has 0 spiro atoms. The molecule has 62 valence electrons. The van der Waals surface area contributed by atoms with E-state index in [0.717, 1.165) is 11.3 Å². The van der Waals surface area contributed by atoms with Crippen LogP contribution in [0.1, 0.15) is 6.92 Å². The van der Waals surface area contributed by atoms with Crippen molar-refractivity contribution in [3.63, 3.8) is 0 Å². The number of carbonyl (C=O) groups is 1. The first-order valence-corrected chi connectivity index (χ1v) is 3.91. The van der Waals surface area contributed by atoms with E-state index in [9.17, 15) is 4.79 Å². The van der Waals surface area contributed by atoms with Gasteiger partial charge in [0.05, 0.1) is 5.71 Å². The molecule has 3 nitrogen and oxygen atoms in total. The van der Waals surface area contributed by atoms with Gasteiger partial charge in [-0.15, -0.1) is 0 Å². The van der Waals surface area contributed by atoms with E-state index < -0.39 is 0 Å². The van der Waals surface area contributed by atoms with Crippen molar-refractivity contribution in [2.24, 2.45) is 11.0 Å². The van der Waals surface area contributed by atoms with Crippen LogP contribution < -0.4 is 0 Å².